The van der Waals surface area contributed by atoms with Crippen LogP contribution in [0.5, 0.6) is 5.75 Å². The number of carbonyl (C=O) groups excluding carboxylic acids is 3. The molecular weight excluding hydrogens is 442 g/mol. The number of sulfone groups is 1. The molecule has 2 rings (SSSR count). The maximum Gasteiger partial charge on any atom is 0.355 e. The number of methoxy groups -OCH3 is 4. The molecule has 1 aliphatic rings. The highest BCUT2D eigenvalue weighted by atomic mass is 32.2. The average Bonchev–Trinajstić information content (AvgIpc) is 3.04. The molecule has 0 radical (unpaired) electrons. The van der Waals surface area contributed by atoms with Crippen LogP contribution < -0.4 is 9.64 Å². The van der Waals surface area contributed by atoms with Crippen LogP contribution in [0.1, 0.15) is 17.3 Å². The minimum atomic E-state index is -3.93. The van der Waals surface area contributed by atoms with E-state index in [4.69, 9.17) is 18.9 Å². The number of hydrogen-bond acceptors (Lipinski definition) is 10. The first-order chi connectivity index (χ1) is 15.2. The fourth-order valence-electron chi connectivity index (χ4n) is 2.93. The maximum atomic E-state index is 12.9. The van der Waals surface area contributed by atoms with Gasteiger partial charge in [-0.25, -0.2) is 22.8 Å². The van der Waals surface area contributed by atoms with Crippen molar-refractivity contribution in [1.82, 2.24) is 0 Å². The molecule has 1 heterocycles. The third-order valence-electron chi connectivity index (χ3n) is 4.55. The van der Waals surface area contributed by atoms with Gasteiger partial charge in [-0.15, -0.1) is 0 Å². The summed E-state index contributed by atoms with van der Waals surface area (Å²) in [7, 11) is 0.763. The normalized spacial score (nSPS) is 13.5. The number of nitrogens with zero attached hydrogens (tertiary/aromatic N) is 1. The Morgan fingerprint density at radius 3 is 2.06 bits per heavy atom. The molecule has 1 aromatic rings. The minimum absolute atomic E-state index is 0.00339. The van der Waals surface area contributed by atoms with Gasteiger partial charge in [-0.05, 0) is 18.2 Å². The molecule has 1 aromatic carbocycles. The molecule has 0 unspecified atom stereocenters. The molecule has 0 amide bonds. The van der Waals surface area contributed by atoms with Gasteiger partial charge in [0.15, 0.2) is 9.84 Å². The summed E-state index contributed by atoms with van der Waals surface area (Å²) in [5.41, 5.74) is -0.623. The quantitative estimate of drug-likeness (QED) is 0.434. The van der Waals surface area contributed by atoms with Gasteiger partial charge in [-0.3, -0.25) is 0 Å². The lowest BCUT2D eigenvalue weighted by Gasteiger charge is -2.26. The van der Waals surface area contributed by atoms with Gasteiger partial charge in [0.25, 0.3) is 0 Å². The van der Waals surface area contributed by atoms with Gasteiger partial charge in [0.1, 0.15) is 17.0 Å². The Bertz CT molecular complexity index is 1130. The van der Waals surface area contributed by atoms with Gasteiger partial charge in [0.05, 0.1) is 50.3 Å². The third-order valence-corrected chi connectivity index (χ3v) is 6.31. The van der Waals surface area contributed by atoms with Crippen molar-refractivity contribution in [2.45, 2.75) is 11.8 Å². The molecule has 11 heteroatoms. The van der Waals surface area contributed by atoms with Crippen molar-refractivity contribution in [2.24, 2.45) is 0 Å². The molecule has 0 atom stereocenters. The van der Waals surface area contributed by atoms with Crippen molar-refractivity contribution in [3.63, 3.8) is 0 Å². The predicted molar refractivity (Wildman–Crippen MR) is 114 cm³/mol. The van der Waals surface area contributed by atoms with Gasteiger partial charge in [-0.1, -0.05) is 13.0 Å². The lowest BCUT2D eigenvalue weighted by molar-refractivity contribution is -0.139. The van der Waals surface area contributed by atoms with E-state index in [0.717, 1.165) is 27.4 Å². The number of benzene rings is 1. The molecule has 0 aromatic heterocycles. The van der Waals surface area contributed by atoms with Gasteiger partial charge >= 0.3 is 17.9 Å². The van der Waals surface area contributed by atoms with Crippen LogP contribution in [0.3, 0.4) is 0 Å². The Labute approximate surface area is 185 Å². The molecule has 32 heavy (non-hydrogen) atoms. The minimum Gasteiger partial charge on any atom is -0.496 e. The predicted octanol–water partition coefficient (Wildman–Crippen LogP) is 1.77. The third kappa shape index (κ3) is 4.67. The number of rotatable bonds is 7. The van der Waals surface area contributed by atoms with E-state index < -0.39 is 27.7 Å². The van der Waals surface area contributed by atoms with Gasteiger partial charge in [0, 0.05) is 12.3 Å². The Kier molecular flexibility index (Phi) is 7.82. The molecule has 0 N–H and O–H groups in total. The zero-order valence-corrected chi connectivity index (χ0v) is 19.0. The molecule has 172 valence electrons. The van der Waals surface area contributed by atoms with Crippen LogP contribution >= 0.6 is 0 Å². The van der Waals surface area contributed by atoms with Crippen molar-refractivity contribution in [3.8, 4) is 5.75 Å². The van der Waals surface area contributed by atoms with Crippen LogP contribution in [0.4, 0.5) is 5.69 Å². The highest BCUT2D eigenvalue weighted by molar-refractivity contribution is 7.91. The average molecular weight is 465 g/mol. The van der Waals surface area contributed by atoms with Crippen LogP contribution in [0.2, 0.25) is 0 Å². The molecule has 10 nitrogen and oxygen atoms in total. The van der Waals surface area contributed by atoms with E-state index in [1.165, 1.54) is 49.4 Å². The monoisotopic (exact) mass is 465 g/mol. The van der Waals surface area contributed by atoms with Crippen LogP contribution in [-0.4, -0.2) is 60.5 Å². The summed E-state index contributed by atoms with van der Waals surface area (Å²) < 4.78 is 45.5. The van der Waals surface area contributed by atoms with Crippen molar-refractivity contribution in [3.05, 3.63) is 53.4 Å². The summed E-state index contributed by atoms with van der Waals surface area (Å²) in [6.07, 6.45) is 5.67. The molecule has 0 fully saturated rings. The van der Waals surface area contributed by atoms with Gasteiger partial charge in [-0.2, -0.15) is 0 Å². The highest BCUT2D eigenvalue weighted by Crippen LogP contribution is 2.37. The number of ether oxygens (including phenoxy) is 4. The molecular formula is C21H23NO9S. The second kappa shape index (κ2) is 10.1. The zero-order valence-electron chi connectivity index (χ0n) is 18.2. The van der Waals surface area contributed by atoms with Crippen molar-refractivity contribution >= 4 is 33.4 Å². The summed E-state index contributed by atoms with van der Waals surface area (Å²) in [4.78, 5) is 38.2. The second-order valence-corrected chi connectivity index (χ2v) is 8.48. The second-order valence-electron chi connectivity index (χ2n) is 6.23. The Hall–Kier alpha value is -3.60. The zero-order chi connectivity index (χ0) is 24.1. The largest absolute Gasteiger partial charge is 0.496 e. The van der Waals surface area contributed by atoms with E-state index in [2.05, 4.69) is 0 Å². The number of hydrogen-bond donors (Lipinski definition) is 0. The number of allylic oxidation sites excluding steroid dienone is 2. The first-order valence-electron chi connectivity index (χ1n) is 9.24. The first-order valence-corrected chi connectivity index (χ1v) is 10.9. The van der Waals surface area contributed by atoms with E-state index in [0.29, 0.717) is 0 Å². The standard InChI is InChI=1S/C21H23NO9S/c1-6-32(26,27)17-11-14(20(24)30-4)16(28-2)12-15(17)22-10-8-7-9-13(19(23)29-3)18(22)21(25)31-5/h7-12H,6H2,1-5H3. The summed E-state index contributed by atoms with van der Waals surface area (Å²) in [6.45, 7) is 1.43. The number of anilines is 1. The molecule has 0 spiro atoms. The molecule has 0 aliphatic carbocycles. The smallest absolute Gasteiger partial charge is 0.355 e. The van der Waals surface area contributed by atoms with E-state index >= 15 is 0 Å². The lowest BCUT2D eigenvalue weighted by Crippen LogP contribution is -2.28. The first kappa shape index (κ1) is 24.7. The van der Waals surface area contributed by atoms with Crippen molar-refractivity contribution in [1.29, 1.82) is 0 Å². The summed E-state index contributed by atoms with van der Waals surface area (Å²) in [5.74, 6) is -2.88. The van der Waals surface area contributed by atoms with Crippen LogP contribution in [0.15, 0.2) is 52.7 Å². The molecule has 0 saturated heterocycles. The highest BCUT2D eigenvalue weighted by Gasteiger charge is 2.32. The van der Waals surface area contributed by atoms with E-state index in [1.54, 1.807) is 0 Å². The van der Waals surface area contributed by atoms with Crippen molar-refractivity contribution < 1.29 is 41.7 Å². The Balaban J connectivity index is 2.99. The lowest BCUT2D eigenvalue weighted by atomic mass is 10.1. The van der Waals surface area contributed by atoms with Crippen LogP contribution in [0.25, 0.3) is 0 Å². The number of carbonyl (C=O) groups is 3. The molecule has 0 bridgehead atoms. The number of esters is 3. The fraction of sp³-hybridized carbons (Fsp3) is 0.286. The van der Waals surface area contributed by atoms with E-state index in [-0.39, 0.29) is 38.9 Å². The van der Waals surface area contributed by atoms with Crippen LogP contribution in [-0.2, 0) is 33.6 Å². The Morgan fingerprint density at radius 2 is 1.53 bits per heavy atom. The SMILES string of the molecule is CCS(=O)(=O)c1cc(C(=O)OC)c(OC)cc1N1C=CC=CC(C(=O)OC)=C1C(=O)OC. The molecule has 1 aliphatic heterocycles. The van der Waals surface area contributed by atoms with E-state index in [1.807, 2.05) is 0 Å². The fourth-order valence-corrected chi connectivity index (χ4v) is 4.02. The summed E-state index contributed by atoms with van der Waals surface area (Å²) in [5, 5.41) is 0. The van der Waals surface area contributed by atoms with Gasteiger partial charge in [0.2, 0.25) is 0 Å². The summed E-state index contributed by atoms with van der Waals surface area (Å²) in [6, 6.07) is 2.38. The van der Waals surface area contributed by atoms with E-state index in [9.17, 15) is 22.8 Å². The van der Waals surface area contributed by atoms with Crippen molar-refractivity contribution in [2.75, 3.05) is 39.1 Å². The maximum absolute atomic E-state index is 12.9. The topological polar surface area (TPSA) is 126 Å². The molecule has 0 saturated carbocycles. The summed E-state index contributed by atoms with van der Waals surface area (Å²) >= 11 is 0. The van der Waals surface area contributed by atoms with Gasteiger partial charge < -0.3 is 23.8 Å². The van der Waals surface area contributed by atoms with Crippen LogP contribution in [0, 0.1) is 0 Å². The Morgan fingerprint density at radius 1 is 0.906 bits per heavy atom.